The molecule has 0 saturated carbocycles. The molecule has 1 N–H and O–H groups in total. The summed E-state index contributed by atoms with van der Waals surface area (Å²) in [5, 5.41) is 10.6. The van der Waals surface area contributed by atoms with Crippen LogP contribution in [0, 0.1) is 5.95 Å². The molecule has 0 saturated heterocycles. The summed E-state index contributed by atoms with van der Waals surface area (Å²) in [6, 6.07) is 13.5. The van der Waals surface area contributed by atoms with E-state index in [4.69, 9.17) is 5.11 Å². The lowest BCUT2D eigenvalue weighted by molar-refractivity contribution is 0.0697. The molecule has 3 nitrogen and oxygen atoms in total. The van der Waals surface area contributed by atoms with E-state index in [1.807, 2.05) is 12.1 Å². The second-order valence-electron chi connectivity index (χ2n) is 4.39. The van der Waals surface area contributed by atoms with Crippen LogP contribution in [0.25, 0.3) is 21.9 Å². The predicted molar refractivity (Wildman–Crippen MR) is 74.1 cm³/mol. The molecule has 1 heterocycles. The monoisotopic (exact) mass is 267 g/mol. The fourth-order valence-electron chi connectivity index (χ4n) is 2.23. The van der Waals surface area contributed by atoms with E-state index in [-0.39, 0.29) is 5.56 Å². The lowest BCUT2D eigenvalue weighted by Gasteiger charge is -2.08. The summed E-state index contributed by atoms with van der Waals surface area (Å²) >= 11 is 0. The van der Waals surface area contributed by atoms with Crippen molar-refractivity contribution in [3.63, 3.8) is 0 Å². The fourth-order valence-corrected chi connectivity index (χ4v) is 2.23. The number of fused-ring (bicyclic) bond motifs is 1. The number of carbonyl (C=O) groups is 1. The molecule has 4 heteroatoms. The zero-order valence-corrected chi connectivity index (χ0v) is 10.4. The summed E-state index contributed by atoms with van der Waals surface area (Å²) in [6.45, 7) is 0. The molecule has 0 aliphatic rings. The Hall–Kier alpha value is -2.75. The van der Waals surface area contributed by atoms with Crippen molar-refractivity contribution in [1.29, 1.82) is 0 Å². The molecule has 0 fully saturated rings. The Kier molecular flexibility index (Phi) is 2.91. The van der Waals surface area contributed by atoms with Gasteiger partial charge in [0.25, 0.3) is 0 Å². The van der Waals surface area contributed by atoms with Gasteiger partial charge in [-0.05, 0) is 40.6 Å². The quantitative estimate of drug-likeness (QED) is 0.719. The van der Waals surface area contributed by atoms with Gasteiger partial charge in [-0.1, -0.05) is 24.3 Å². The third-order valence-electron chi connectivity index (χ3n) is 3.18. The highest BCUT2D eigenvalue weighted by Gasteiger charge is 2.11. The van der Waals surface area contributed by atoms with E-state index in [1.165, 1.54) is 12.3 Å². The standard InChI is InChI=1S/C16H10FNO2/c17-15-13(5-2-8-18-15)12-4-1-3-10-6-7-11(16(19)20)9-14(10)12/h1-9H,(H,19,20). The zero-order valence-electron chi connectivity index (χ0n) is 10.4. The minimum absolute atomic E-state index is 0.175. The Labute approximate surface area is 114 Å². The average molecular weight is 267 g/mol. The van der Waals surface area contributed by atoms with Gasteiger partial charge in [-0.3, -0.25) is 0 Å². The number of aromatic nitrogens is 1. The van der Waals surface area contributed by atoms with Crippen LogP contribution >= 0.6 is 0 Å². The van der Waals surface area contributed by atoms with Gasteiger partial charge < -0.3 is 5.11 Å². The molecular weight excluding hydrogens is 257 g/mol. The maximum Gasteiger partial charge on any atom is 0.335 e. The van der Waals surface area contributed by atoms with E-state index in [9.17, 15) is 9.18 Å². The highest BCUT2D eigenvalue weighted by molar-refractivity contribution is 6.01. The van der Waals surface area contributed by atoms with Crippen molar-refractivity contribution in [3.8, 4) is 11.1 Å². The van der Waals surface area contributed by atoms with Gasteiger partial charge in [-0.15, -0.1) is 0 Å². The van der Waals surface area contributed by atoms with Crippen LogP contribution < -0.4 is 0 Å². The van der Waals surface area contributed by atoms with Crippen molar-refractivity contribution < 1.29 is 14.3 Å². The van der Waals surface area contributed by atoms with Crippen molar-refractivity contribution in [2.24, 2.45) is 0 Å². The lowest BCUT2D eigenvalue weighted by Crippen LogP contribution is -1.96. The Balaban J connectivity index is 2.33. The molecule has 1 aromatic heterocycles. The molecule has 3 rings (SSSR count). The molecule has 2 aromatic carbocycles. The van der Waals surface area contributed by atoms with Gasteiger partial charge in [0.1, 0.15) is 0 Å². The largest absolute Gasteiger partial charge is 0.478 e. The minimum atomic E-state index is -1.01. The molecule has 0 aliphatic carbocycles. The molecule has 0 amide bonds. The molecule has 0 aliphatic heterocycles. The highest BCUT2D eigenvalue weighted by atomic mass is 19.1. The van der Waals surface area contributed by atoms with Crippen LogP contribution in [0.5, 0.6) is 0 Å². The van der Waals surface area contributed by atoms with Crippen LogP contribution in [-0.2, 0) is 0 Å². The van der Waals surface area contributed by atoms with E-state index in [2.05, 4.69) is 4.98 Å². The summed E-state index contributed by atoms with van der Waals surface area (Å²) in [5.41, 5.74) is 1.17. The van der Waals surface area contributed by atoms with Crippen molar-refractivity contribution in [2.45, 2.75) is 0 Å². The Morgan fingerprint density at radius 1 is 1.05 bits per heavy atom. The third-order valence-corrected chi connectivity index (χ3v) is 3.18. The van der Waals surface area contributed by atoms with Gasteiger partial charge >= 0.3 is 5.97 Å². The first kappa shape index (κ1) is 12.3. The van der Waals surface area contributed by atoms with Gasteiger partial charge in [0.15, 0.2) is 0 Å². The number of hydrogen-bond acceptors (Lipinski definition) is 2. The van der Waals surface area contributed by atoms with Gasteiger partial charge in [0.05, 0.1) is 5.56 Å². The second kappa shape index (κ2) is 4.74. The molecule has 98 valence electrons. The van der Waals surface area contributed by atoms with E-state index in [1.54, 1.807) is 30.3 Å². The zero-order chi connectivity index (χ0) is 14.1. The lowest BCUT2D eigenvalue weighted by atomic mass is 9.97. The number of rotatable bonds is 2. The van der Waals surface area contributed by atoms with Crippen LogP contribution in [0.1, 0.15) is 10.4 Å². The van der Waals surface area contributed by atoms with Gasteiger partial charge in [-0.2, -0.15) is 4.39 Å². The van der Waals surface area contributed by atoms with Crippen LogP contribution in [-0.4, -0.2) is 16.1 Å². The molecule has 0 bridgehead atoms. The molecule has 0 spiro atoms. The minimum Gasteiger partial charge on any atom is -0.478 e. The number of benzene rings is 2. The Morgan fingerprint density at radius 2 is 1.85 bits per heavy atom. The van der Waals surface area contributed by atoms with Crippen molar-refractivity contribution in [2.75, 3.05) is 0 Å². The first-order valence-electron chi connectivity index (χ1n) is 6.04. The van der Waals surface area contributed by atoms with E-state index >= 15 is 0 Å². The number of aromatic carboxylic acids is 1. The SMILES string of the molecule is O=C(O)c1ccc2cccc(-c3cccnc3F)c2c1. The first-order chi connectivity index (χ1) is 9.66. The fraction of sp³-hybridized carbons (Fsp3) is 0. The summed E-state index contributed by atoms with van der Waals surface area (Å²) in [6.07, 6.45) is 1.38. The second-order valence-corrected chi connectivity index (χ2v) is 4.39. The highest BCUT2D eigenvalue weighted by Crippen LogP contribution is 2.30. The summed E-state index contributed by atoms with van der Waals surface area (Å²) < 4.78 is 13.8. The maximum absolute atomic E-state index is 13.8. The topological polar surface area (TPSA) is 50.2 Å². The smallest absolute Gasteiger partial charge is 0.335 e. The van der Waals surface area contributed by atoms with Gasteiger partial charge in [-0.25, -0.2) is 9.78 Å². The number of nitrogens with zero attached hydrogens (tertiary/aromatic N) is 1. The third kappa shape index (κ3) is 2.01. The summed E-state index contributed by atoms with van der Waals surface area (Å²) in [7, 11) is 0. The molecule has 0 radical (unpaired) electrons. The van der Waals surface area contributed by atoms with E-state index < -0.39 is 11.9 Å². The van der Waals surface area contributed by atoms with E-state index in [0.717, 1.165) is 5.39 Å². The molecule has 0 atom stereocenters. The average Bonchev–Trinajstić information content (AvgIpc) is 2.46. The van der Waals surface area contributed by atoms with Gasteiger partial charge in [0.2, 0.25) is 5.95 Å². The summed E-state index contributed by atoms with van der Waals surface area (Å²) in [4.78, 5) is 14.7. The molecule has 0 unspecified atom stereocenters. The predicted octanol–water partition coefficient (Wildman–Crippen LogP) is 3.74. The number of hydrogen-bond donors (Lipinski definition) is 1. The maximum atomic E-state index is 13.8. The first-order valence-corrected chi connectivity index (χ1v) is 6.04. The number of carboxylic acids is 1. The number of pyridine rings is 1. The van der Waals surface area contributed by atoms with Crippen molar-refractivity contribution in [1.82, 2.24) is 4.98 Å². The van der Waals surface area contributed by atoms with Crippen LogP contribution in [0.3, 0.4) is 0 Å². The Bertz CT molecular complexity index is 814. The molecule has 3 aromatic rings. The number of halogens is 1. The molecular formula is C16H10FNO2. The number of carboxylic acid groups (broad SMARTS) is 1. The Morgan fingerprint density at radius 3 is 2.60 bits per heavy atom. The van der Waals surface area contributed by atoms with Crippen molar-refractivity contribution in [3.05, 3.63) is 66.2 Å². The van der Waals surface area contributed by atoms with Crippen LogP contribution in [0.4, 0.5) is 4.39 Å². The van der Waals surface area contributed by atoms with Crippen LogP contribution in [0.15, 0.2) is 54.7 Å². The summed E-state index contributed by atoms with van der Waals surface area (Å²) in [5.74, 6) is -1.57. The molecule has 20 heavy (non-hydrogen) atoms. The van der Waals surface area contributed by atoms with Gasteiger partial charge in [0, 0.05) is 11.8 Å². The normalized spacial score (nSPS) is 10.7. The van der Waals surface area contributed by atoms with Crippen LogP contribution in [0.2, 0.25) is 0 Å². The van der Waals surface area contributed by atoms with Crippen molar-refractivity contribution >= 4 is 16.7 Å². The van der Waals surface area contributed by atoms with E-state index in [0.29, 0.717) is 16.5 Å².